The number of rotatable bonds is 4. The molecule has 1 saturated carbocycles. The Morgan fingerprint density at radius 3 is 2.11 bits per heavy atom. The molecule has 5 atom stereocenters. The average molecular weight is 389 g/mol. The van der Waals surface area contributed by atoms with Crippen molar-refractivity contribution in [2.75, 3.05) is 5.32 Å². The Bertz CT molecular complexity index is 939. The van der Waals surface area contributed by atoms with Gasteiger partial charge in [0.05, 0.1) is 16.7 Å². The minimum Gasteiger partial charge on any atom is -0.324 e. The smallest absolute Gasteiger partial charge is 0.247 e. The van der Waals surface area contributed by atoms with Crippen LogP contribution in [-0.4, -0.2) is 37.1 Å². The van der Waals surface area contributed by atoms with Crippen molar-refractivity contribution in [1.82, 2.24) is 4.90 Å². The van der Waals surface area contributed by atoms with E-state index in [9.17, 15) is 22.8 Å². The summed E-state index contributed by atoms with van der Waals surface area (Å²) < 4.78 is 22.6. The van der Waals surface area contributed by atoms with Crippen molar-refractivity contribution >= 4 is 33.4 Å². The van der Waals surface area contributed by atoms with Crippen LogP contribution in [-0.2, 0) is 24.4 Å². The second-order valence-electron chi connectivity index (χ2n) is 7.28. The fourth-order valence-electron chi connectivity index (χ4n) is 4.40. The number of likely N-dealkylation sites (tertiary alicyclic amines) is 1. The first kappa shape index (κ1) is 17.9. The maximum atomic E-state index is 12.8. The van der Waals surface area contributed by atoms with E-state index in [2.05, 4.69) is 5.32 Å². The number of hydrogen-bond acceptors (Lipinski definition) is 5. The molecule has 1 aromatic carbocycles. The topological polar surface area (TPSA) is 127 Å². The Morgan fingerprint density at radius 1 is 1.11 bits per heavy atom. The predicted octanol–water partition coefficient (Wildman–Crippen LogP) is 0.468. The molecular formula is C18H19N3O5S. The molecule has 27 heavy (non-hydrogen) atoms. The lowest BCUT2D eigenvalue weighted by atomic mass is 9.85. The van der Waals surface area contributed by atoms with Gasteiger partial charge in [0.25, 0.3) is 0 Å². The second-order valence-corrected chi connectivity index (χ2v) is 8.84. The predicted molar refractivity (Wildman–Crippen MR) is 95.5 cm³/mol. The number of primary sulfonamides is 1. The largest absolute Gasteiger partial charge is 0.324 e. The summed E-state index contributed by atoms with van der Waals surface area (Å²) in [5.74, 6) is -1.61. The molecule has 0 spiro atoms. The summed E-state index contributed by atoms with van der Waals surface area (Å²) >= 11 is 0. The summed E-state index contributed by atoms with van der Waals surface area (Å²) in [6.45, 7) is 1.51. The molecule has 2 bridgehead atoms. The highest BCUT2D eigenvalue weighted by molar-refractivity contribution is 7.89. The molecule has 0 unspecified atom stereocenters. The number of allylic oxidation sites excluding steroid dienone is 2. The number of hydrogen-bond donors (Lipinski definition) is 2. The van der Waals surface area contributed by atoms with Crippen molar-refractivity contribution in [3.05, 3.63) is 36.4 Å². The van der Waals surface area contributed by atoms with E-state index >= 15 is 0 Å². The molecule has 0 aromatic heterocycles. The number of nitrogens with two attached hydrogens (primary N) is 1. The Kier molecular flexibility index (Phi) is 3.97. The van der Waals surface area contributed by atoms with Gasteiger partial charge < -0.3 is 5.32 Å². The molecule has 1 heterocycles. The van der Waals surface area contributed by atoms with E-state index in [4.69, 9.17) is 5.14 Å². The van der Waals surface area contributed by atoms with E-state index < -0.39 is 22.0 Å². The zero-order valence-corrected chi connectivity index (χ0v) is 15.3. The quantitative estimate of drug-likeness (QED) is 0.572. The molecule has 9 heteroatoms. The van der Waals surface area contributed by atoms with Crippen LogP contribution in [0.3, 0.4) is 0 Å². The number of carbonyl (C=O) groups excluding carboxylic acids is 3. The van der Waals surface area contributed by atoms with E-state index in [-0.39, 0.29) is 40.4 Å². The normalized spacial score (nSPS) is 29.9. The molecule has 1 aliphatic heterocycles. The summed E-state index contributed by atoms with van der Waals surface area (Å²) in [4.78, 5) is 39.1. The van der Waals surface area contributed by atoms with Gasteiger partial charge in [-0.1, -0.05) is 12.2 Å². The van der Waals surface area contributed by atoms with E-state index in [0.29, 0.717) is 5.69 Å². The number of imide groups is 1. The molecule has 3 N–H and O–H groups in total. The highest BCUT2D eigenvalue weighted by Crippen LogP contribution is 2.52. The van der Waals surface area contributed by atoms with E-state index in [1.165, 1.54) is 31.2 Å². The lowest BCUT2D eigenvalue weighted by Crippen LogP contribution is -2.46. The highest BCUT2D eigenvalue weighted by atomic mass is 32.2. The van der Waals surface area contributed by atoms with Gasteiger partial charge in [-0.3, -0.25) is 19.3 Å². The number of anilines is 1. The molecule has 1 saturated heterocycles. The van der Waals surface area contributed by atoms with Gasteiger partial charge in [-0.2, -0.15) is 0 Å². The van der Waals surface area contributed by atoms with Crippen molar-refractivity contribution in [2.24, 2.45) is 28.8 Å². The van der Waals surface area contributed by atoms with Crippen LogP contribution < -0.4 is 10.5 Å². The van der Waals surface area contributed by atoms with Crippen molar-refractivity contribution in [3.8, 4) is 0 Å². The number of sulfonamides is 1. The van der Waals surface area contributed by atoms with Crippen LogP contribution >= 0.6 is 0 Å². The number of fused-ring (bicyclic) bond motifs is 5. The minimum atomic E-state index is -3.82. The highest BCUT2D eigenvalue weighted by Gasteiger charge is 2.60. The van der Waals surface area contributed by atoms with Gasteiger partial charge in [0, 0.05) is 5.69 Å². The van der Waals surface area contributed by atoms with Crippen LogP contribution in [0.4, 0.5) is 5.69 Å². The third-order valence-corrected chi connectivity index (χ3v) is 6.65. The van der Waals surface area contributed by atoms with E-state index in [0.717, 1.165) is 11.3 Å². The van der Waals surface area contributed by atoms with Gasteiger partial charge >= 0.3 is 0 Å². The summed E-state index contributed by atoms with van der Waals surface area (Å²) in [6.07, 6.45) is 4.83. The molecule has 1 aromatic rings. The van der Waals surface area contributed by atoms with E-state index in [1.54, 1.807) is 0 Å². The Morgan fingerprint density at radius 2 is 1.63 bits per heavy atom. The number of nitrogens with zero attached hydrogens (tertiary/aromatic N) is 1. The maximum absolute atomic E-state index is 12.8. The zero-order valence-electron chi connectivity index (χ0n) is 14.5. The lowest BCUT2D eigenvalue weighted by molar-refractivity contribution is -0.146. The van der Waals surface area contributed by atoms with Crippen molar-refractivity contribution in [3.63, 3.8) is 0 Å². The van der Waals surface area contributed by atoms with Crippen molar-refractivity contribution in [1.29, 1.82) is 0 Å². The van der Waals surface area contributed by atoms with Crippen LogP contribution in [0.2, 0.25) is 0 Å². The van der Waals surface area contributed by atoms with Crippen molar-refractivity contribution < 1.29 is 22.8 Å². The van der Waals surface area contributed by atoms with Crippen LogP contribution in [0, 0.1) is 23.7 Å². The molecule has 8 nitrogen and oxygen atoms in total. The number of nitrogens with one attached hydrogen (secondary N) is 1. The van der Waals surface area contributed by atoms with Crippen LogP contribution in [0.1, 0.15) is 13.3 Å². The first-order valence-corrected chi connectivity index (χ1v) is 10.2. The summed E-state index contributed by atoms with van der Waals surface area (Å²) in [6, 6.07) is 4.40. The molecular weight excluding hydrogens is 370 g/mol. The SMILES string of the molecule is C[C@H](C(=O)Nc1ccc(S(N)(=O)=O)cc1)N1C(=O)[C@@H]2[C@@H](C1=O)[C@H]1C=C[C@H]2C1. The van der Waals surface area contributed by atoms with Gasteiger partial charge in [0.15, 0.2) is 0 Å². The van der Waals surface area contributed by atoms with Gasteiger partial charge in [-0.05, 0) is 49.4 Å². The van der Waals surface area contributed by atoms with Gasteiger partial charge in [0.2, 0.25) is 27.7 Å². The van der Waals surface area contributed by atoms with Crippen LogP contribution in [0.5, 0.6) is 0 Å². The number of carbonyl (C=O) groups is 3. The summed E-state index contributed by atoms with van der Waals surface area (Å²) in [7, 11) is -3.82. The fraction of sp³-hybridized carbons (Fsp3) is 0.389. The van der Waals surface area contributed by atoms with Gasteiger partial charge in [-0.25, -0.2) is 13.6 Å². The molecule has 3 amide bonds. The first-order valence-electron chi connectivity index (χ1n) is 8.67. The fourth-order valence-corrected chi connectivity index (χ4v) is 4.91. The van der Waals surface area contributed by atoms with Gasteiger partial charge in [0.1, 0.15) is 6.04 Å². The Hall–Kier alpha value is -2.52. The number of amides is 3. The number of benzene rings is 1. The zero-order chi connectivity index (χ0) is 19.5. The molecule has 0 radical (unpaired) electrons. The third kappa shape index (κ3) is 2.78. The minimum absolute atomic E-state index is 0.0748. The van der Waals surface area contributed by atoms with Crippen molar-refractivity contribution in [2.45, 2.75) is 24.3 Å². The van der Waals surface area contributed by atoms with Crippen LogP contribution in [0.25, 0.3) is 0 Å². The summed E-state index contributed by atoms with van der Waals surface area (Å²) in [5, 5.41) is 7.65. The second kappa shape index (κ2) is 6.00. The third-order valence-electron chi connectivity index (χ3n) is 5.72. The molecule has 2 aliphatic carbocycles. The van der Waals surface area contributed by atoms with Gasteiger partial charge in [-0.15, -0.1) is 0 Å². The van der Waals surface area contributed by atoms with E-state index in [1.807, 2.05) is 12.2 Å². The molecule has 4 rings (SSSR count). The first-order chi connectivity index (χ1) is 12.7. The average Bonchev–Trinajstić information content (AvgIpc) is 3.28. The summed E-state index contributed by atoms with van der Waals surface area (Å²) in [5.41, 5.74) is 0.347. The Balaban J connectivity index is 1.48. The van der Waals surface area contributed by atoms with Crippen LogP contribution in [0.15, 0.2) is 41.3 Å². The molecule has 2 fully saturated rings. The standard InChI is InChI=1S/C18H19N3O5S/c1-9(16(22)20-12-4-6-13(7-5-12)27(19,25)26)21-17(23)14-10-2-3-11(8-10)15(14)18(21)24/h2-7,9-11,14-15H,8H2,1H3,(H,20,22)(H2,19,25,26)/t9-,10+,11+,14+,15+/m1/s1. The monoisotopic (exact) mass is 389 g/mol. The lowest BCUT2D eigenvalue weighted by Gasteiger charge is -2.23. The Labute approximate surface area is 156 Å². The molecule has 3 aliphatic rings. The molecule has 142 valence electrons. The maximum Gasteiger partial charge on any atom is 0.247 e.